The third kappa shape index (κ3) is 4.65. The van der Waals surface area contributed by atoms with Crippen LogP contribution in [-0.2, 0) is 9.53 Å². The zero-order valence-corrected chi connectivity index (χ0v) is 11.6. The molecule has 6 nitrogen and oxygen atoms in total. The minimum Gasteiger partial charge on any atom is -0.480 e. The number of allylic oxidation sites excluding steroid dienone is 2. The number of hydrogen-bond donors (Lipinski definition) is 2. The lowest BCUT2D eigenvalue weighted by Gasteiger charge is -2.30. The topological polar surface area (TPSA) is 78.9 Å². The number of nitrogens with zero attached hydrogens (tertiary/aromatic N) is 1. The van der Waals surface area contributed by atoms with Crippen LogP contribution in [0.5, 0.6) is 0 Å². The molecule has 0 spiro atoms. The Labute approximate surface area is 112 Å². The third-order valence-electron chi connectivity index (χ3n) is 2.32. The minimum absolute atomic E-state index is 0.347. The van der Waals surface area contributed by atoms with Crippen LogP contribution in [-0.4, -0.2) is 40.3 Å². The first-order valence-electron chi connectivity index (χ1n) is 6.07. The maximum absolute atomic E-state index is 12.0. The maximum Gasteiger partial charge on any atom is 0.416 e. The summed E-state index contributed by atoms with van der Waals surface area (Å²) in [4.78, 5) is 24.2. The van der Waals surface area contributed by atoms with Crippen molar-refractivity contribution in [3.63, 3.8) is 0 Å². The summed E-state index contributed by atoms with van der Waals surface area (Å²) in [5.41, 5.74) is -0.595. The predicted octanol–water partition coefficient (Wildman–Crippen LogP) is 1.70. The Morgan fingerprint density at radius 2 is 2.11 bits per heavy atom. The standard InChI is InChI=1S/C13H20N2O4/c1-9(11(16)17)14-10-7-5-6-8-15(10)12(18)19-13(2,3)4/h5-7,9,14H,8H2,1-4H3,(H,16,17)/t9-/m0/s1. The fourth-order valence-electron chi connectivity index (χ4n) is 1.41. The summed E-state index contributed by atoms with van der Waals surface area (Å²) >= 11 is 0. The summed E-state index contributed by atoms with van der Waals surface area (Å²) in [7, 11) is 0. The molecule has 1 atom stereocenters. The molecule has 0 saturated carbocycles. The molecular weight excluding hydrogens is 248 g/mol. The van der Waals surface area contributed by atoms with E-state index in [1.165, 1.54) is 11.8 Å². The van der Waals surface area contributed by atoms with E-state index in [1.54, 1.807) is 39.0 Å². The molecule has 0 saturated heterocycles. The van der Waals surface area contributed by atoms with Crippen LogP contribution >= 0.6 is 0 Å². The monoisotopic (exact) mass is 268 g/mol. The Balaban J connectivity index is 2.77. The van der Waals surface area contributed by atoms with Crippen LogP contribution in [0, 0.1) is 0 Å². The summed E-state index contributed by atoms with van der Waals surface area (Å²) in [5.74, 6) is -0.564. The second-order valence-electron chi connectivity index (χ2n) is 5.28. The van der Waals surface area contributed by atoms with Gasteiger partial charge >= 0.3 is 12.1 Å². The number of nitrogens with one attached hydrogen (secondary N) is 1. The lowest BCUT2D eigenvalue weighted by molar-refractivity contribution is -0.138. The molecule has 1 aliphatic rings. The first-order valence-corrected chi connectivity index (χ1v) is 6.07. The van der Waals surface area contributed by atoms with Crippen LogP contribution < -0.4 is 5.32 Å². The molecule has 0 fully saturated rings. The summed E-state index contributed by atoms with van der Waals surface area (Å²) < 4.78 is 5.27. The molecule has 2 N–H and O–H groups in total. The van der Waals surface area contributed by atoms with Crippen molar-refractivity contribution in [2.45, 2.75) is 39.3 Å². The Hall–Kier alpha value is -1.98. The van der Waals surface area contributed by atoms with Gasteiger partial charge in [-0.25, -0.2) is 4.79 Å². The van der Waals surface area contributed by atoms with Gasteiger partial charge in [0, 0.05) is 6.54 Å². The molecule has 0 aromatic carbocycles. The van der Waals surface area contributed by atoms with Gasteiger partial charge < -0.3 is 15.2 Å². The van der Waals surface area contributed by atoms with Gasteiger partial charge in [-0.05, 0) is 33.8 Å². The Bertz CT molecular complexity index is 421. The van der Waals surface area contributed by atoms with E-state index >= 15 is 0 Å². The van der Waals surface area contributed by atoms with Crippen molar-refractivity contribution in [3.05, 3.63) is 24.0 Å². The number of ether oxygens (including phenoxy) is 1. The van der Waals surface area contributed by atoms with Crippen LogP contribution in [0.1, 0.15) is 27.7 Å². The lowest BCUT2D eigenvalue weighted by atomic mass is 10.2. The van der Waals surface area contributed by atoms with Crippen molar-refractivity contribution in [2.75, 3.05) is 6.54 Å². The molecule has 0 aliphatic carbocycles. The quantitative estimate of drug-likeness (QED) is 0.814. The van der Waals surface area contributed by atoms with E-state index in [9.17, 15) is 9.59 Å². The molecule has 1 aliphatic heterocycles. The van der Waals surface area contributed by atoms with Crippen molar-refractivity contribution in [2.24, 2.45) is 0 Å². The van der Waals surface area contributed by atoms with E-state index in [1.807, 2.05) is 0 Å². The minimum atomic E-state index is -0.986. The van der Waals surface area contributed by atoms with Gasteiger partial charge in [0.1, 0.15) is 17.5 Å². The van der Waals surface area contributed by atoms with Gasteiger partial charge in [0.05, 0.1) is 0 Å². The van der Waals surface area contributed by atoms with Gasteiger partial charge in [0.2, 0.25) is 0 Å². The highest BCUT2D eigenvalue weighted by Gasteiger charge is 2.26. The second-order valence-corrected chi connectivity index (χ2v) is 5.28. The van der Waals surface area contributed by atoms with Crippen molar-refractivity contribution in [3.8, 4) is 0 Å². The fourth-order valence-corrected chi connectivity index (χ4v) is 1.41. The molecule has 1 amide bonds. The van der Waals surface area contributed by atoms with E-state index in [2.05, 4.69) is 5.32 Å². The number of aliphatic carboxylic acids is 1. The van der Waals surface area contributed by atoms with Gasteiger partial charge in [0.15, 0.2) is 0 Å². The highest BCUT2D eigenvalue weighted by Crippen LogP contribution is 2.15. The van der Waals surface area contributed by atoms with Gasteiger partial charge in [-0.2, -0.15) is 0 Å². The maximum atomic E-state index is 12.0. The smallest absolute Gasteiger partial charge is 0.416 e. The number of carboxylic acid groups (broad SMARTS) is 1. The molecule has 1 heterocycles. The molecule has 106 valence electrons. The first-order chi connectivity index (χ1) is 8.70. The average molecular weight is 268 g/mol. The molecule has 6 heteroatoms. The Kier molecular flexibility index (Phi) is 4.58. The molecular formula is C13H20N2O4. The van der Waals surface area contributed by atoms with E-state index in [-0.39, 0.29) is 0 Å². The number of amides is 1. The van der Waals surface area contributed by atoms with Crippen LogP contribution in [0.3, 0.4) is 0 Å². The predicted molar refractivity (Wildman–Crippen MR) is 70.4 cm³/mol. The van der Waals surface area contributed by atoms with Crippen molar-refractivity contribution < 1.29 is 19.4 Å². The number of carbonyl (C=O) groups is 2. The molecule has 0 bridgehead atoms. The Morgan fingerprint density at radius 3 is 2.63 bits per heavy atom. The summed E-state index contributed by atoms with van der Waals surface area (Å²) in [6.07, 6.45) is 4.69. The highest BCUT2D eigenvalue weighted by molar-refractivity contribution is 5.74. The van der Waals surface area contributed by atoms with Gasteiger partial charge in [0.25, 0.3) is 0 Å². The molecule has 0 aromatic heterocycles. The van der Waals surface area contributed by atoms with Crippen molar-refractivity contribution >= 4 is 12.1 Å². The van der Waals surface area contributed by atoms with E-state index < -0.39 is 23.7 Å². The van der Waals surface area contributed by atoms with Gasteiger partial charge in [-0.1, -0.05) is 12.2 Å². The summed E-state index contributed by atoms with van der Waals surface area (Å²) in [6.45, 7) is 7.19. The molecule has 19 heavy (non-hydrogen) atoms. The second kappa shape index (κ2) is 5.77. The molecule has 1 rings (SSSR count). The number of rotatable bonds is 3. The molecule has 0 aromatic rings. The van der Waals surface area contributed by atoms with E-state index in [4.69, 9.17) is 9.84 Å². The summed E-state index contributed by atoms with van der Waals surface area (Å²) in [5, 5.41) is 11.7. The third-order valence-corrected chi connectivity index (χ3v) is 2.32. The van der Waals surface area contributed by atoms with Crippen LogP contribution in [0.2, 0.25) is 0 Å². The van der Waals surface area contributed by atoms with Gasteiger partial charge in [-0.15, -0.1) is 0 Å². The Morgan fingerprint density at radius 1 is 1.47 bits per heavy atom. The largest absolute Gasteiger partial charge is 0.480 e. The zero-order chi connectivity index (χ0) is 14.6. The zero-order valence-electron chi connectivity index (χ0n) is 11.6. The van der Waals surface area contributed by atoms with Gasteiger partial charge in [-0.3, -0.25) is 9.69 Å². The highest BCUT2D eigenvalue weighted by atomic mass is 16.6. The summed E-state index contributed by atoms with van der Waals surface area (Å²) in [6, 6.07) is -0.789. The van der Waals surface area contributed by atoms with E-state index in [0.29, 0.717) is 12.4 Å². The van der Waals surface area contributed by atoms with Crippen molar-refractivity contribution in [1.29, 1.82) is 0 Å². The number of hydrogen-bond acceptors (Lipinski definition) is 4. The van der Waals surface area contributed by atoms with Crippen LogP contribution in [0.4, 0.5) is 4.79 Å². The molecule has 0 radical (unpaired) electrons. The SMILES string of the molecule is C[C@H](NC1=CC=CCN1C(=O)OC(C)(C)C)C(=O)O. The molecule has 0 unspecified atom stereocenters. The average Bonchev–Trinajstić information content (AvgIpc) is 2.27. The fraction of sp³-hybridized carbons (Fsp3) is 0.538. The number of carbonyl (C=O) groups excluding carboxylic acids is 1. The van der Waals surface area contributed by atoms with Crippen molar-refractivity contribution in [1.82, 2.24) is 10.2 Å². The first kappa shape index (κ1) is 15.1. The van der Waals surface area contributed by atoms with E-state index in [0.717, 1.165) is 0 Å². The van der Waals surface area contributed by atoms with Crippen LogP contribution in [0.15, 0.2) is 24.0 Å². The number of carboxylic acids is 1. The lowest BCUT2D eigenvalue weighted by Crippen LogP contribution is -2.45. The normalized spacial score (nSPS) is 16.6. The van der Waals surface area contributed by atoms with Crippen LogP contribution in [0.25, 0.3) is 0 Å².